The molecule has 1 heterocycles. The van der Waals surface area contributed by atoms with Gasteiger partial charge in [0.15, 0.2) is 0 Å². The van der Waals surface area contributed by atoms with Gasteiger partial charge >= 0.3 is 0 Å². The van der Waals surface area contributed by atoms with Gasteiger partial charge in [-0.3, -0.25) is 4.79 Å². The zero-order valence-electron chi connectivity index (χ0n) is 12.0. The number of nitrogens with one attached hydrogen (secondary N) is 1. The Labute approximate surface area is 140 Å². The van der Waals surface area contributed by atoms with Crippen LogP contribution in [0.15, 0.2) is 34.0 Å². The second-order valence-corrected chi connectivity index (χ2v) is 7.80. The van der Waals surface area contributed by atoms with E-state index in [0.717, 1.165) is 10.6 Å². The average molecular weight is 418 g/mol. The summed E-state index contributed by atoms with van der Waals surface area (Å²) in [5, 5.41) is 0. The SMILES string of the molecule is CC(C)(C)c1nc(CSc2cccc(F)c2)[nH]c(=O)c1I. The Bertz CT molecular complexity index is 710. The number of hydrogen-bond acceptors (Lipinski definition) is 3. The molecule has 0 aliphatic rings. The maximum Gasteiger partial charge on any atom is 0.264 e. The Balaban J connectivity index is 2.25. The van der Waals surface area contributed by atoms with Gasteiger partial charge in [-0.1, -0.05) is 26.8 Å². The summed E-state index contributed by atoms with van der Waals surface area (Å²) in [5.74, 6) is 0.845. The average Bonchev–Trinajstić information content (AvgIpc) is 2.38. The standard InChI is InChI=1S/C15H16FIN2OS/c1-15(2,3)13-12(17)14(20)19-11(18-13)8-21-10-6-4-5-9(16)7-10/h4-7H,8H2,1-3H3,(H,18,19,20). The molecule has 21 heavy (non-hydrogen) atoms. The van der Waals surface area contributed by atoms with E-state index in [9.17, 15) is 9.18 Å². The highest BCUT2D eigenvalue weighted by atomic mass is 127. The van der Waals surface area contributed by atoms with Crippen molar-refractivity contribution in [2.45, 2.75) is 36.8 Å². The minimum atomic E-state index is -0.264. The molecule has 112 valence electrons. The van der Waals surface area contributed by atoms with Crippen molar-refractivity contribution >= 4 is 34.4 Å². The lowest BCUT2D eigenvalue weighted by atomic mass is 9.92. The van der Waals surface area contributed by atoms with Crippen molar-refractivity contribution in [2.24, 2.45) is 0 Å². The number of thioether (sulfide) groups is 1. The fraction of sp³-hybridized carbons (Fsp3) is 0.333. The van der Waals surface area contributed by atoms with Crippen LogP contribution in [0.1, 0.15) is 32.3 Å². The molecule has 3 nitrogen and oxygen atoms in total. The van der Waals surface area contributed by atoms with Crippen LogP contribution in [-0.4, -0.2) is 9.97 Å². The van der Waals surface area contributed by atoms with Gasteiger partial charge in [-0.05, 0) is 40.8 Å². The molecule has 0 amide bonds. The van der Waals surface area contributed by atoms with E-state index in [4.69, 9.17) is 0 Å². The minimum Gasteiger partial charge on any atom is -0.309 e. The third kappa shape index (κ3) is 4.29. The second kappa shape index (κ2) is 6.48. The number of hydrogen-bond donors (Lipinski definition) is 1. The molecular formula is C15H16FIN2OS. The molecule has 0 aliphatic carbocycles. The number of halogens is 2. The number of rotatable bonds is 3. The van der Waals surface area contributed by atoms with Crippen molar-refractivity contribution in [2.75, 3.05) is 0 Å². The van der Waals surface area contributed by atoms with Crippen LogP contribution in [-0.2, 0) is 11.2 Å². The van der Waals surface area contributed by atoms with Gasteiger partial charge in [-0.25, -0.2) is 9.37 Å². The first-order valence-corrected chi connectivity index (χ1v) is 8.51. The van der Waals surface area contributed by atoms with Gasteiger partial charge in [0.1, 0.15) is 15.2 Å². The van der Waals surface area contributed by atoms with E-state index in [1.54, 1.807) is 6.07 Å². The molecule has 2 rings (SSSR count). The molecule has 0 radical (unpaired) electrons. The molecule has 2 aromatic rings. The van der Waals surface area contributed by atoms with E-state index < -0.39 is 0 Å². The van der Waals surface area contributed by atoms with Crippen molar-refractivity contribution in [3.63, 3.8) is 0 Å². The van der Waals surface area contributed by atoms with Crippen LogP contribution in [0, 0.1) is 9.39 Å². The van der Waals surface area contributed by atoms with Crippen LogP contribution in [0.3, 0.4) is 0 Å². The summed E-state index contributed by atoms with van der Waals surface area (Å²) >= 11 is 3.47. The zero-order chi connectivity index (χ0) is 15.6. The zero-order valence-corrected chi connectivity index (χ0v) is 15.0. The molecule has 0 aliphatic heterocycles. The molecule has 0 bridgehead atoms. The van der Waals surface area contributed by atoms with Crippen LogP contribution in [0.2, 0.25) is 0 Å². The molecule has 0 atom stereocenters. The minimum absolute atomic E-state index is 0.120. The van der Waals surface area contributed by atoms with Gasteiger partial charge < -0.3 is 4.98 Å². The van der Waals surface area contributed by atoms with Gasteiger partial charge in [0, 0.05) is 10.3 Å². The predicted octanol–water partition coefficient (Wildman–Crippen LogP) is 4.10. The van der Waals surface area contributed by atoms with E-state index in [0.29, 0.717) is 15.1 Å². The molecule has 6 heteroatoms. The Kier molecular flexibility index (Phi) is 5.08. The molecule has 0 fully saturated rings. The summed E-state index contributed by atoms with van der Waals surface area (Å²) < 4.78 is 13.8. The van der Waals surface area contributed by atoms with E-state index >= 15 is 0 Å². The second-order valence-electron chi connectivity index (χ2n) is 5.67. The van der Waals surface area contributed by atoms with Crippen molar-refractivity contribution in [3.8, 4) is 0 Å². The summed E-state index contributed by atoms with van der Waals surface area (Å²) in [5.41, 5.74) is 0.482. The highest BCUT2D eigenvalue weighted by Gasteiger charge is 2.21. The molecule has 1 aromatic heterocycles. The quantitative estimate of drug-likeness (QED) is 0.603. The highest BCUT2D eigenvalue weighted by Crippen LogP contribution is 2.25. The van der Waals surface area contributed by atoms with E-state index in [-0.39, 0.29) is 16.8 Å². The van der Waals surface area contributed by atoms with Crippen LogP contribution in [0.25, 0.3) is 0 Å². The fourth-order valence-electron chi connectivity index (χ4n) is 1.78. The summed E-state index contributed by atoms with van der Waals surface area (Å²) in [6.45, 7) is 6.08. The maximum atomic E-state index is 13.1. The molecule has 0 saturated heterocycles. The number of nitrogens with zero attached hydrogens (tertiary/aromatic N) is 1. The van der Waals surface area contributed by atoms with Gasteiger partial charge in [0.2, 0.25) is 0 Å². The summed E-state index contributed by atoms with van der Waals surface area (Å²) in [6, 6.07) is 6.39. The van der Waals surface area contributed by atoms with E-state index in [1.165, 1.54) is 23.9 Å². The van der Waals surface area contributed by atoms with Crippen molar-refractivity contribution in [1.29, 1.82) is 0 Å². The summed E-state index contributed by atoms with van der Waals surface area (Å²) in [7, 11) is 0. The van der Waals surface area contributed by atoms with Crippen LogP contribution in [0.4, 0.5) is 4.39 Å². The lowest BCUT2D eigenvalue weighted by Crippen LogP contribution is -2.25. The monoisotopic (exact) mass is 418 g/mol. The molecule has 0 unspecified atom stereocenters. The molecule has 0 spiro atoms. The van der Waals surface area contributed by atoms with Crippen LogP contribution >= 0.6 is 34.4 Å². The van der Waals surface area contributed by atoms with E-state index in [1.807, 2.05) is 49.4 Å². The first-order chi connectivity index (χ1) is 9.77. The number of H-pyrrole nitrogens is 1. The first-order valence-electron chi connectivity index (χ1n) is 6.45. The molecule has 0 saturated carbocycles. The van der Waals surface area contributed by atoms with Crippen LogP contribution in [0.5, 0.6) is 0 Å². The Morgan fingerprint density at radius 3 is 2.71 bits per heavy atom. The van der Waals surface area contributed by atoms with Crippen molar-refractivity contribution < 1.29 is 4.39 Å². The maximum absolute atomic E-state index is 13.1. The van der Waals surface area contributed by atoms with Gasteiger partial charge in [-0.2, -0.15) is 0 Å². The molecule has 1 N–H and O–H groups in total. The lowest BCUT2D eigenvalue weighted by molar-refractivity contribution is 0.557. The smallest absolute Gasteiger partial charge is 0.264 e. The highest BCUT2D eigenvalue weighted by molar-refractivity contribution is 14.1. The van der Waals surface area contributed by atoms with Gasteiger partial charge in [0.25, 0.3) is 5.56 Å². The van der Waals surface area contributed by atoms with Crippen molar-refractivity contribution in [3.05, 3.63) is 55.5 Å². The largest absolute Gasteiger partial charge is 0.309 e. The van der Waals surface area contributed by atoms with E-state index in [2.05, 4.69) is 9.97 Å². The van der Waals surface area contributed by atoms with Crippen molar-refractivity contribution in [1.82, 2.24) is 9.97 Å². The predicted molar refractivity (Wildman–Crippen MR) is 92.2 cm³/mol. The normalized spacial score (nSPS) is 11.7. The third-order valence-electron chi connectivity index (χ3n) is 2.79. The number of benzene rings is 1. The number of aromatic amines is 1. The Morgan fingerprint density at radius 1 is 1.38 bits per heavy atom. The Hall–Kier alpha value is -0.890. The third-order valence-corrected chi connectivity index (χ3v) is 4.80. The summed E-state index contributed by atoms with van der Waals surface area (Å²) in [6.07, 6.45) is 0. The molecular weight excluding hydrogens is 402 g/mol. The van der Waals surface area contributed by atoms with Gasteiger partial charge in [0.05, 0.1) is 11.4 Å². The number of aromatic nitrogens is 2. The lowest BCUT2D eigenvalue weighted by Gasteiger charge is -2.19. The topological polar surface area (TPSA) is 45.8 Å². The van der Waals surface area contributed by atoms with Gasteiger partial charge in [-0.15, -0.1) is 11.8 Å². The van der Waals surface area contributed by atoms with Crippen LogP contribution < -0.4 is 5.56 Å². The molecule has 1 aromatic carbocycles. The Morgan fingerprint density at radius 2 is 2.10 bits per heavy atom. The summed E-state index contributed by atoms with van der Waals surface area (Å²) in [4.78, 5) is 20.2. The first kappa shape index (κ1) is 16.5. The fourth-order valence-corrected chi connectivity index (χ4v) is 3.65.